The quantitative estimate of drug-likeness (QED) is 0.874. The van der Waals surface area contributed by atoms with Gasteiger partial charge >= 0.3 is 0 Å². The van der Waals surface area contributed by atoms with Crippen molar-refractivity contribution in [2.75, 3.05) is 13.7 Å². The van der Waals surface area contributed by atoms with Gasteiger partial charge in [0.2, 0.25) is 0 Å². The Kier molecular flexibility index (Phi) is 3.87. The zero-order chi connectivity index (χ0) is 15.5. The lowest BCUT2D eigenvalue weighted by molar-refractivity contribution is 0.0778. The summed E-state index contributed by atoms with van der Waals surface area (Å²) in [6.45, 7) is 0.475. The van der Waals surface area contributed by atoms with Crippen LogP contribution in [-0.2, 0) is 0 Å². The molecule has 4 nitrogen and oxygen atoms in total. The van der Waals surface area contributed by atoms with Gasteiger partial charge in [0.05, 0.1) is 19.4 Å². The summed E-state index contributed by atoms with van der Waals surface area (Å²) in [5.41, 5.74) is 1.96. The molecule has 1 heterocycles. The molecule has 1 amide bonds. The van der Waals surface area contributed by atoms with E-state index in [-0.39, 0.29) is 5.91 Å². The first kappa shape index (κ1) is 14.3. The summed E-state index contributed by atoms with van der Waals surface area (Å²) in [7, 11) is 1.60. The van der Waals surface area contributed by atoms with Gasteiger partial charge in [-0.3, -0.25) is 4.79 Å². The Labute approximate surface area is 127 Å². The van der Waals surface area contributed by atoms with Crippen molar-refractivity contribution in [3.63, 3.8) is 0 Å². The van der Waals surface area contributed by atoms with Gasteiger partial charge in [-0.2, -0.15) is 5.10 Å². The SMILES string of the molecule is COc1ccccc1C1=NN(C(=O)c2cccc(F)c2)CC1. The van der Waals surface area contributed by atoms with E-state index < -0.39 is 5.82 Å². The Morgan fingerprint density at radius 3 is 2.82 bits per heavy atom. The highest BCUT2D eigenvalue weighted by atomic mass is 19.1. The molecule has 0 aromatic heterocycles. The predicted molar refractivity (Wildman–Crippen MR) is 81.6 cm³/mol. The van der Waals surface area contributed by atoms with Crippen molar-refractivity contribution in [1.82, 2.24) is 5.01 Å². The highest BCUT2D eigenvalue weighted by molar-refractivity contribution is 6.06. The molecule has 1 aliphatic rings. The van der Waals surface area contributed by atoms with Gasteiger partial charge in [-0.15, -0.1) is 0 Å². The lowest BCUT2D eigenvalue weighted by atomic mass is 10.1. The molecule has 0 atom stereocenters. The fourth-order valence-electron chi connectivity index (χ4n) is 2.45. The van der Waals surface area contributed by atoms with E-state index in [4.69, 9.17) is 4.74 Å². The van der Waals surface area contributed by atoms with Crippen molar-refractivity contribution >= 4 is 11.6 Å². The van der Waals surface area contributed by atoms with E-state index in [0.717, 1.165) is 17.0 Å². The number of methoxy groups -OCH3 is 1. The van der Waals surface area contributed by atoms with Gasteiger partial charge in [-0.25, -0.2) is 9.40 Å². The zero-order valence-electron chi connectivity index (χ0n) is 12.1. The fourth-order valence-corrected chi connectivity index (χ4v) is 2.45. The lowest BCUT2D eigenvalue weighted by Crippen LogP contribution is -2.23. The monoisotopic (exact) mass is 298 g/mol. The number of ether oxygens (including phenoxy) is 1. The zero-order valence-corrected chi connectivity index (χ0v) is 12.1. The minimum atomic E-state index is -0.432. The third-order valence-corrected chi connectivity index (χ3v) is 3.53. The minimum absolute atomic E-state index is 0.296. The largest absolute Gasteiger partial charge is 0.496 e. The fraction of sp³-hybridized carbons (Fsp3) is 0.176. The average Bonchev–Trinajstić information content (AvgIpc) is 3.04. The van der Waals surface area contributed by atoms with E-state index in [9.17, 15) is 9.18 Å². The van der Waals surface area contributed by atoms with E-state index in [1.165, 1.54) is 23.2 Å². The normalized spacial score (nSPS) is 13.9. The summed E-state index contributed by atoms with van der Waals surface area (Å²) >= 11 is 0. The summed E-state index contributed by atoms with van der Waals surface area (Å²) < 4.78 is 18.6. The van der Waals surface area contributed by atoms with Crippen molar-refractivity contribution in [1.29, 1.82) is 0 Å². The number of halogens is 1. The summed E-state index contributed by atoms with van der Waals surface area (Å²) in [4.78, 5) is 12.4. The highest BCUT2D eigenvalue weighted by Gasteiger charge is 2.24. The molecular formula is C17H15FN2O2. The Balaban J connectivity index is 1.86. The van der Waals surface area contributed by atoms with Crippen LogP contribution in [0.15, 0.2) is 53.6 Å². The van der Waals surface area contributed by atoms with Crippen LogP contribution >= 0.6 is 0 Å². The van der Waals surface area contributed by atoms with Gasteiger partial charge in [-0.05, 0) is 30.3 Å². The molecule has 0 saturated carbocycles. The smallest absolute Gasteiger partial charge is 0.274 e. The number of rotatable bonds is 3. The average molecular weight is 298 g/mol. The van der Waals surface area contributed by atoms with Crippen LogP contribution in [-0.4, -0.2) is 30.3 Å². The van der Waals surface area contributed by atoms with E-state index in [2.05, 4.69) is 5.10 Å². The van der Waals surface area contributed by atoms with Crippen LogP contribution in [0.4, 0.5) is 4.39 Å². The molecule has 0 bridgehead atoms. The first-order valence-corrected chi connectivity index (χ1v) is 6.97. The molecule has 3 rings (SSSR count). The molecule has 1 aliphatic heterocycles. The van der Waals surface area contributed by atoms with Crippen molar-refractivity contribution < 1.29 is 13.9 Å². The molecule has 5 heteroatoms. The first-order valence-electron chi connectivity index (χ1n) is 6.97. The van der Waals surface area contributed by atoms with E-state index in [0.29, 0.717) is 18.5 Å². The van der Waals surface area contributed by atoms with Crippen molar-refractivity contribution in [2.45, 2.75) is 6.42 Å². The van der Waals surface area contributed by atoms with Crippen LogP contribution in [0.2, 0.25) is 0 Å². The summed E-state index contributed by atoms with van der Waals surface area (Å²) in [6.07, 6.45) is 0.640. The third kappa shape index (κ3) is 2.70. The van der Waals surface area contributed by atoms with Crippen LogP contribution in [0.25, 0.3) is 0 Å². The maximum atomic E-state index is 13.2. The van der Waals surface area contributed by atoms with Crippen LogP contribution in [0.1, 0.15) is 22.3 Å². The van der Waals surface area contributed by atoms with E-state index in [1.54, 1.807) is 13.2 Å². The maximum Gasteiger partial charge on any atom is 0.274 e. The van der Waals surface area contributed by atoms with Crippen molar-refractivity contribution in [3.05, 3.63) is 65.5 Å². The highest BCUT2D eigenvalue weighted by Crippen LogP contribution is 2.23. The van der Waals surface area contributed by atoms with Gasteiger partial charge in [0.15, 0.2) is 0 Å². The molecule has 22 heavy (non-hydrogen) atoms. The number of carbonyl (C=O) groups is 1. The molecule has 0 spiro atoms. The number of hydrazone groups is 1. The van der Waals surface area contributed by atoms with Crippen LogP contribution < -0.4 is 4.74 Å². The lowest BCUT2D eigenvalue weighted by Gasteiger charge is -2.11. The molecule has 0 aliphatic carbocycles. The number of benzene rings is 2. The second kappa shape index (κ2) is 5.97. The number of para-hydroxylation sites is 1. The number of carbonyl (C=O) groups excluding carboxylic acids is 1. The van der Waals surface area contributed by atoms with Crippen molar-refractivity contribution in [2.24, 2.45) is 5.10 Å². The molecule has 0 saturated heterocycles. The molecule has 2 aromatic carbocycles. The Morgan fingerprint density at radius 1 is 1.23 bits per heavy atom. The van der Waals surface area contributed by atoms with Gasteiger partial charge in [0.25, 0.3) is 5.91 Å². The summed E-state index contributed by atoms with van der Waals surface area (Å²) in [5.74, 6) is -0.00955. The van der Waals surface area contributed by atoms with Gasteiger partial charge in [0.1, 0.15) is 11.6 Å². The Hall–Kier alpha value is -2.69. The molecule has 0 radical (unpaired) electrons. The number of hydrogen-bond donors (Lipinski definition) is 0. The van der Waals surface area contributed by atoms with Crippen LogP contribution in [0, 0.1) is 5.82 Å². The van der Waals surface area contributed by atoms with E-state index >= 15 is 0 Å². The Bertz CT molecular complexity index is 743. The van der Waals surface area contributed by atoms with Gasteiger partial charge in [-0.1, -0.05) is 18.2 Å². The second-order valence-electron chi connectivity index (χ2n) is 4.94. The molecule has 0 N–H and O–H groups in total. The van der Waals surface area contributed by atoms with Crippen LogP contribution in [0.5, 0.6) is 5.75 Å². The molecule has 0 unspecified atom stereocenters. The summed E-state index contributed by atoms with van der Waals surface area (Å²) in [5, 5.41) is 5.74. The van der Waals surface area contributed by atoms with Gasteiger partial charge in [0, 0.05) is 17.5 Å². The molecule has 2 aromatic rings. The van der Waals surface area contributed by atoms with Gasteiger partial charge < -0.3 is 4.74 Å². The predicted octanol–water partition coefficient (Wildman–Crippen LogP) is 3.08. The van der Waals surface area contributed by atoms with Crippen molar-refractivity contribution in [3.8, 4) is 5.75 Å². The Morgan fingerprint density at radius 2 is 2.05 bits per heavy atom. The molecule has 0 fully saturated rings. The third-order valence-electron chi connectivity index (χ3n) is 3.53. The standard InChI is InChI=1S/C17H15FN2O2/c1-22-16-8-3-2-7-14(16)15-9-10-20(19-15)17(21)12-5-4-6-13(18)11-12/h2-8,11H,9-10H2,1H3. The number of nitrogens with zero attached hydrogens (tertiary/aromatic N) is 2. The first-order chi connectivity index (χ1) is 10.7. The molecular weight excluding hydrogens is 283 g/mol. The molecule has 112 valence electrons. The topological polar surface area (TPSA) is 41.9 Å². The minimum Gasteiger partial charge on any atom is -0.496 e. The van der Waals surface area contributed by atoms with Crippen LogP contribution in [0.3, 0.4) is 0 Å². The maximum absolute atomic E-state index is 13.2. The van der Waals surface area contributed by atoms with E-state index in [1.807, 2.05) is 24.3 Å². The second-order valence-corrected chi connectivity index (χ2v) is 4.94. The number of hydrogen-bond acceptors (Lipinski definition) is 3. The number of amides is 1. The summed E-state index contributed by atoms with van der Waals surface area (Å²) in [6, 6.07) is 13.2.